The van der Waals surface area contributed by atoms with Crippen LogP contribution in [-0.4, -0.2) is 43.2 Å². The number of aryl methyl sites for hydroxylation is 1. The number of hydrogen-bond donors (Lipinski definition) is 5. The Labute approximate surface area is 253 Å². The van der Waals surface area contributed by atoms with Crippen molar-refractivity contribution >= 4 is 37.3 Å². The summed E-state index contributed by atoms with van der Waals surface area (Å²) in [6.07, 6.45) is 5.68. The third kappa shape index (κ3) is 7.28. The number of hydrogen-bond acceptors (Lipinski definition) is 11. The van der Waals surface area contributed by atoms with Crippen molar-refractivity contribution in [1.82, 2.24) is 5.32 Å². The molecule has 0 bridgehead atoms. The number of aliphatic hydroxyl groups is 1. The van der Waals surface area contributed by atoms with Gasteiger partial charge in [0.2, 0.25) is 0 Å². The molecule has 1 radical (unpaired) electrons. The molecule has 0 spiro atoms. The van der Waals surface area contributed by atoms with Gasteiger partial charge in [0.05, 0.1) is 10.6 Å². The summed E-state index contributed by atoms with van der Waals surface area (Å²) in [6, 6.07) is 6.96. The van der Waals surface area contributed by atoms with Crippen molar-refractivity contribution in [1.29, 1.82) is 0 Å². The number of benzene rings is 2. The van der Waals surface area contributed by atoms with Crippen LogP contribution in [0.4, 0.5) is 17.1 Å². The molecule has 4 rings (SSSR count). The van der Waals surface area contributed by atoms with E-state index in [1.165, 1.54) is 48.6 Å². The molecule has 2 atom stereocenters. The molecule has 2 aliphatic carbocycles. The van der Waals surface area contributed by atoms with Gasteiger partial charge >= 0.3 is 0 Å². The largest absolute Gasteiger partial charge is 0.509 e. The Kier molecular flexibility index (Phi) is 10.1. The summed E-state index contributed by atoms with van der Waals surface area (Å²) < 4.78 is 65.4. The molecular weight excluding hydrogens is 638 g/mol. The van der Waals surface area contributed by atoms with Crippen molar-refractivity contribution in [3.05, 3.63) is 87.7 Å². The van der Waals surface area contributed by atoms with Gasteiger partial charge in [-0.25, -0.2) is 0 Å². The smallest absolute Gasteiger partial charge is 0.296 e. The first-order valence-corrected chi connectivity index (χ1v) is 15.0. The molecule has 42 heavy (non-hydrogen) atoms. The van der Waals surface area contributed by atoms with E-state index < -0.39 is 37.0 Å². The maximum absolute atomic E-state index is 11.8. The zero-order valence-corrected chi connectivity index (χ0v) is 25.0. The average molecular weight is 665 g/mol. The first-order chi connectivity index (χ1) is 19.2. The van der Waals surface area contributed by atoms with Crippen molar-refractivity contribution < 1.29 is 53.2 Å². The Morgan fingerprint density at radius 2 is 1.52 bits per heavy atom. The Morgan fingerprint density at radius 1 is 0.857 bits per heavy atom. The van der Waals surface area contributed by atoms with E-state index in [0.717, 1.165) is 0 Å². The number of phenols is 1. The fourth-order valence-corrected chi connectivity index (χ4v) is 5.56. The van der Waals surface area contributed by atoms with Crippen LogP contribution in [0.1, 0.15) is 18.1 Å². The molecule has 0 saturated carbocycles. The fourth-order valence-electron chi connectivity index (χ4n) is 4.37. The van der Waals surface area contributed by atoms with Crippen molar-refractivity contribution in [3.8, 4) is 5.75 Å². The van der Waals surface area contributed by atoms with E-state index in [1.54, 1.807) is 27.0 Å². The molecule has 2 aromatic rings. The minimum absolute atomic E-state index is 0. The predicted octanol–water partition coefficient (Wildman–Crippen LogP) is 5.47. The number of allylic oxidation sites excluding steroid dienone is 5. The van der Waals surface area contributed by atoms with Gasteiger partial charge < -0.3 is 15.5 Å². The van der Waals surface area contributed by atoms with E-state index in [0.29, 0.717) is 23.2 Å². The first kappa shape index (κ1) is 33.0. The number of nitrogens with one attached hydrogen (secondary N) is 1. The summed E-state index contributed by atoms with van der Waals surface area (Å²) in [4.78, 5) is -0.685. The number of aliphatic hydroxyl groups excluding tert-OH is 1. The standard InChI is InChI=1S/C26H27N5O8S2.Cu/c1-14-9-21(29-31-25-15(2)8-17-11-18(40(34,35)36)5-6-19(17)26(25)33)23(32)12-20(14)28-30-22-10-16(13-27-3)4-7-24(22)41(37,38)39;/h4-12,17,19,27,32-33H,13H2,1-3H3,(H,34,35,36)(H,37,38,39);. The zero-order chi connectivity index (χ0) is 30.1. The Morgan fingerprint density at radius 3 is 2.17 bits per heavy atom. The third-order valence-electron chi connectivity index (χ3n) is 6.41. The minimum atomic E-state index is -4.56. The molecule has 2 aliphatic rings. The van der Waals surface area contributed by atoms with Gasteiger partial charge in [-0.15, -0.1) is 15.3 Å². The molecule has 0 aliphatic heterocycles. The molecular formula is C26H27CuN5O8S2. The van der Waals surface area contributed by atoms with Crippen LogP contribution >= 0.6 is 0 Å². The van der Waals surface area contributed by atoms with Crippen LogP contribution in [0.15, 0.2) is 102 Å². The molecule has 5 N–H and O–H groups in total. The second kappa shape index (κ2) is 12.8. The zero-order valence-electron chi connectivity index (χ0n) is 22.4. The average Bonchev–Trinajstić information content (AvgIpc) is 2.88. The van der Waals surface area contributed by atoms with Crippen molar-refractivity contribution in [2.45, 2.75) is 25.3 Å². The quantitative estimate of drug-likeness (QED) is 0.137. The first-order valence-electron chi connectivity index (χ1n) is 12.1. The fraction of sp³-hybridized carbons (Fsp3) is 0.231. The van der Waals surface area contributed by atoms with Gasteiger partial charge in [-0.1, -0.05) is 24.3 Å². The molecule has 16 heteroatoms. The number of phenolic OH excluding ortho intramolecular Hbond substituents is 1. The van der Waals surface area contributed by atoms with Crippen LogP contribution in [0.2, 0.25) is 0 Å². The van der Waals surface area contributed by atoms with Gasteiger partial charge in [0.1, 0.15) is 33.5 Å². The maximum Gasteiger partial charge on any atom is 0.296 e. The van der Waals surface area contributed by atoms with E-state index in [1.807, 2.05) is 0 Å². The topological polar surface area (TPSA) is 211 Å². The number of azo groups is 2. The molecule has 0 aromatic heterocycles. The molecule has 0 fully saturated rings. The molecule has 227 valence electrons. The number of aromatic hydroxyl groups is 1. The predicted molar refractivity (Wildman–Crippen MR) is 150 cm³/mol. The van der Waals surface area contributed by atoms with E-state index in [9.17, 15) is 36.2 Å². The summed E-state index contributed by atoms with van der Waals surface area (Å²) >= 11 is 0. The number of rotatable bonds is 8. The van der Waals surface area contributed by atoms with Crippen molar-refractivity contribution in [3.63, 3.8) is 0 Å². The number of nitrogens with zero attached hydrogens (tertiary/aromatic N) is 4. The van der Waals surface area contributed by atoms with Crippen LogP contribution < -0.4 is 5.32 Å². The summed E-state index contributed by atoms with van der Waals surface area (Å²) in [6.45, 7) is 3.74. The normalized spacial score (nSPS) is 19.1. The Hall–Kier alpha value is -3.50. The van der Waals surface area contributed by atoms with Gasteiger partial charge in [-0.2, -0.15) is 21.9 Å². The van der Waals surface area contributed by atoms with Crippen molar-refractivity contribution in [2.24, 2.45) is 32.3 Å². The summed E-state index contributed by atoms with van der Waals surface area (Å²) in [5.41, 5.74) is 2.03. The second-order valence-electron chi connectivity index (χ2n) is 9.42. The number of fused-ring (bicyclic) bond motifs is 1. The van der Waals surface area contributed by atoms with Crippen LogP contribution in [-0.2, 0) is 43.8 Å². The van der Waals surface area contributed by atoms with Crippen LogP contribution in [0.3, 0.4) is 0 Å². The second-order valence-corrected chi connectivity index (χ2v) is 12.2. The van der Waals surface area contributed by atoms with Gasteiger partial charge in [-0.05, 0) is 61.9 Å². The molecule has 2 aromatic carbocycles. The van der Waals surface area contributed by atoms with Crippen molar-refractivity contribution in [2.75, 3.05) is 7.05 Å². The van der Waals surface area contributed by atoms with E-state index in [4.69, 9.17) is 0 Å². The molecule has 13 nitrogen and oxygen atoms in total. The van der Waals surface area contributed by atoms with Gasteiger partial charge in [0.25, 0.3) is 20.2 Å². The molecule has 0 heterocycles. The molecule has 0 saturated heterocycles. The van der Waals surface area contributed by atoms with Gasteiger partial charge in [0, 0.05) is 41.5 Å². The van der Waals surface area contributed by atoms with Gasteiger partial charge in [-0.3, -0.25) is 9.11 Å². The monoisotopic (exact) mass is 664 g/mol. The van der Waals surface area contributed by atoms with E-state index in [-0.39, 0.29) is 56.2 Å². The van der Waals surface area contributed by atoms with Crippen LogP contribution in [0, 0.1) is 18.8 Å². The molecule has 2 unspecified atom stereocenters. The minimum Gasteiger partial charge on any atom is -0.509 e. The Balaban J connectivity index is 0.00000484. The maximum atomic E-state index is 11.8. The van der Waals surface area contributed by atoms with E-state index in [2.05, 4.69) is 25.8 Å². The summed E-state index contributed by atoms with van der Waals surface area (Å²) in [5, 5.41) is 40.6. The molecule has 0 amide bonds. The third-order valence-corrected chi connectivity index (χ3v) is 8.18. The van der Waals surface area contributed by atoms with Crippen LogP contribution in [0.25, 0.3) is 0 Å². The Bertz CT molecular complexity index is 1810. The SMILES string of the molecule is CNCc1ccc(S(=O)(=O)O)c(N=Nc2cc(O)c(N=NC3=C(O)C4C=CC(S(=O)(=O)O)=CC4C=C3C)cc2C)c1.[Cu]. The summed E-state index contributed by atoms with van der Waals surface area (Å²) in [7, 11) is -7.24. The van der Waals surface area contributed by atoms with Crippen LogP contribution in [0.5, 0.6) is 5.75 Å². The van der Waals surface area contributed by atoms with Gasteiger partial charge in [0.15, 0.2) is 0 Å². The van der Waals surface area contributed by atoms with E-state index >= 15 is 0 Å². The summed E-state index contributed by atoms with van der Waals surface area (Å²) in [5.74, 6) is -1.61.